The highest BCUT2D eigenvalue weighted by atomic mass is 35.5. The normalized spacial score (nSPS) is 15.9. The molecule has 0 bridgehead atoms. The van der Waals surface area contributed by atoms with E-state index in [1.165, 1.54) is 6.42 Å². The van der Waals surface area contributed by atoms with E-state index in [0.29, 0.717) is 17.3 Å². The first-order valence-electron chi connectivity index (χ1n) is 8.23. The van der Waals surface area contributed by atoms with E-state index in [1.54, 1.807) is 6.21 Å². The van der Waals surface area contributed by atoms with Crippen LogP contribution >= 0.6 is 11.6 Å². The average molecular weight is 345 g/mol. The Morgan fingerprint density at radius 1 is 1.33 bits per heavy atom. The van der Waals surface area contributed by atoms with Crippen molar-refractivity contribution in [1.82, 2.24) is 15.3 Å². The van der Waals surface area contributed by atoms with Crippen LogP contribution in [-0.2, 0) is 4.79 Å². The largest absolute Gasteiger partial charge is 0.294 e. The molecule has 3 rings (SSSR count). The summed E-state index contributed by atoms with van der Waals surface area (Å²) in [5, 5.41) is 5.39. The van der Waals surface area contributed by atoms with E-state index >= 15 is 0 Å². The lowest BCUT2D eigenvalue weighted by molar-refractivity contribution is -0.122. The number of hydrogen-bond acceptors (Lipinski definition) is 4. The van der Waals surface area contributed by atoms with Gasteiger partial charge in [0, 0.05) is 10.9 Å². The topological polar surface area (TPSA) is 57.6 Å². The SMILES string of the molecule is Cc1ccc2cc(/C=N/NC(=O)CN3CCCCC3)c(Cl)nc2c1. The summed E-state index contributed by atoms with van der Waals surface area (Å²) in [4.78, 5) is 18.5. The fourth-order valence-corrected chi connectivity index (χ4v) is 3.08. The van der Waals surface area contributed by atoms with Crippen LogP contribution in [0.5, 0.6) is 0 Å². The number of amides is 1. The summed E-state index contributed by atoms with van der Waals surface area (Å²) < 4.78 is 0. The first-order valence-corrected chi connectivity index (χ1v) is 8.61. The molecule has 1 aromatic heterocycles. The van der Waals surface area contributed by atoms with Gasteiger partial charge in [0.2, 0.25) is 0 Å². The molecule has 0 saturated carbocycles. The van der Waals surface area contributed by atoms with Gasteiger partial charge < -0.3 is 0 Å². The number of fused-ring (bicyclic) bond motifs is 1. The molecular weight excluding hydrogens is 324 g/mol. The summed E-state index contributed by atoms with van der Waals surface area (Å²) in [6, 6.07) is 7.94. The van der Waals surface area contributed by atoms with E-state index in [2.05, 4.69) is 20.4 Å². The molecule has 1 N–H and O–H groups in total. The third kappa shape index (κ3) is 4.30. The zero-order chi connectivity index (χ0) is 16.9. The van der Waals surface area contributed by atoms with Crippen molar-refractivity contribution in [3.05, 3.63) is 40.5 Å². The van der Waals surface area contributed by atoms with Gasteiger partial charge >= 0.3 is 0 Å². The number of hydrazone groups is 1. The number of carbonyl (C=O) groups is 1. The van der Waals surface area contributed by atoms with Crippen molar-refractivity contribution in [2.24, 2.45) is 5.10 Å². The summed E-state index contributed by atoms with van der Waals surface area (Å²) in [6.45, 7) is 4.37. The van der Waals surface area contributed by atoms with Crippen LogP contribution in [0.4, 0.5) is 0 Å². The number of pyridine rings is 1. The third-order valence-electron chi connectivity index (χ3n) is 4.16. The monoisotopic (exact) mass is 344 g/mol. The van der Waals surface area contributed by atoms with Gasteiger partial charge in [0.05, 0.1) is 18.3 Å². The number of aromatic nitrogens is 1. The second-order valence-electron chi connectivity index (χ2n) is 6.19. The number of nitrogens with zero attached hydrogens (tertiary/aromatic N) is 3. The highest BCUT2D eigenvalue weighted by molar-refractivity contribution is 6.32. The van der Waals surface area contributed by atoms with Crippen LogP contribution in [0, 0.1) is 6.92 Å². The Morgan fingerprint density at radius 2 is 2.12 bits per heavy atom. The first kappa shape index (κ1) is 16.9. The van der Waals surface area contributed by atoms with Crippen LogP contribution < -0.4 is 5.43 Å². The minimum atomic E-state index is -0.103. The van der Waals surface area contributed by atoms with Gasteiger partial charge in [-0.2, -0.15) is 5.10 Å². The maximum Gasteiger partial charge on any atom is 0.254 e. The molecule has 1 fully saturated rings. The van der Waals surface area contributed by atoms with Crippen molar-refractivity contribution in [1.29, 1.82) is 0 Å². The number of hydrogen-bond donors (Lipinski definition) is 1. The second kappa shape index (κ2) is 7.73. The summed E-state index contributed by atoms with van der Waals surface area (Å²) in [7, 11) is 0. The molecule has 2 aromatic rings. The van der Waals surface area contributed by atoms with Crippen molar-refractivity contribution >= 4 is 34.6 Å². The molecule has 1 aliphatic heterocycles. The van der Waals surface area contributed by atoms with Crippen LogP contribution in [0.2, 0.25) is 5.15 Å². The van der Waals surface area contributed by atoms with E-state index in [4.69, 9.17) is 11.6 Å². The lowest BCUT2D eigenvalue weighted by Gasteiger charge is -2.25. The Morgan fingerprint density at radius 3 is 2.92 bits per heavy atom. The molecule has 5 nitrogen and oxygen atoms in total. The molecule has 1 aliphatic rings. The summed E-state index contributed by atoms with van der Waals surface area (Å²) in [5.41, 5.74) is 5.24. The molecule has 1 aromatic carbocycles. The quantitative estimate of drug-likeness (QED) is 0.526. The maximum absolute atomic E-state index is 11.9. The number of aryl methyl sites for hydroxylation is 1. The molecule has 1 saturated heterocycles. The Kier molecular flexibility index (Phi) is 5.43. The zero-order valence-electron chi connectivity index (χ0n) is 13.8. The maximum atomic E-state index is 11.9. The second-order valence-corrected chi connectivity index (χ2v) is 6.55. The highest BCUT2D eigenvalue weighted by Crippen LogP contribution is 2.20. The van der Waals surface area contributed by atoms with Crippen molar-refractivity contribution in [3.8, 4) is 0 Å². The number of benzene rings is 1. The van der Waals surface area contributed by atoms with Crippen molar-refractivity contribution in [3.63, 3.8) is 0 Å². The number of halogens is 1. The smallest absolute Gasteiger partial charge is 0.254 e. The van der Waals surface area contributed by atoms with E-state index in [-0.39, 0.29) is 5.91 Å². The van der Waals surface area contributed by atoms with E-state index < -0.39 is 0 Å². The molecule has 0 aliphatic carbocycles. The van der Waals surface area contributed by atoms with Gasteiger partial charge in [-0.15, -0.1) is 0 Å². The highest BCUT2D eigenvalue weighted by Gasteiger charge is 2.13. The molecule has 1 amide bonds. The Hall–Kier alpha value is -1.98. The molecule has 6 heteroatoms. The van der Waals surface area contributed by atoms with E-state index in [9.17, 15) is 4.79 Å². The first-order chi connectivity index (χ1) is 11.6. The van der Waals surface area contributed by atoms with Crippen LogP contribution in [0.25, 0.3) is 10.9 Å². The van der Waals surface area contributed by atoms with E-state index in [1.807, 2.05) is 31.2 Å². The van der Waals surface area contributed by atoms with Gasteiger partial charge in [-0.1, -0.05) is 30.2 Å². The van der Waals surface area contributed by atoms with Gasteiger partial charge in [0.15, 0.2) is 0 Å². The summed E-state index contributed by atoms with van der Waals surface area (Å²) >= 11 is 6.20. The van der Waals surface area contributed by atoms with Crippen LogP contribution in [0.3, 0.4) is 0 Å². The predicted molar refractivity (Wildman–Crippen MR) is 97.5 cm³/mol. The zero-order valence-corrected chi connectivity index (χ0v) is 14.5. The Balaban J connectivity index is 1.63. The number of likely N-dealkylation sites (tertiary alicyclic amines) is 1. The minimum absolute atomic E-state index is 0.103. The van der Waals surface area contributed by atoms with Crippen molar-refractivity contribution in [2.75, 3.05) is 19.6 Å². The lowest BCUT2D eigenvalue weighted by Crippen LogP contribution is -2.38. The van der Waals surface area contributed by atoms with Gasteiger partial charge in [-0.05, 0) is 50.6 Å². The lowest BCUT2D eigenvalue weighted by atomic mass is 10.1. The number of rotatable bonds is 4. The van der Waals surface area contributed by atoms with Crippen LogP contribution in [0.15, 0.2) is 29.4 Å². The predicted octanol–water partition coefficient (Wildman–Crippen LogP) is 3.13. The molecule has 0 radical (unpaired) electrons. The van der Waals surface area contributed by atoms with Gasteiger partial charge in [-0.25, -0.2) is 10.4 Å². The standard InChI is InChI=1S/C18H21ClN4O/c1-13-5-6-14-10-15(18(19)21-16(14)9-13)11-20-22-17(24)12-23-7-3-2-4-8-23/h5-6,9-11H,2-4,7-8,12H2,1H3,(H,22,24)/b20-11+. The summed E-state index contributed by atoms with van der Waals surface area (Å²) in [5.74, 6) is -0.103. The molecule has 24 heavy (non-hydrogen) atoms. The third-order valence-corrected chi connectivity index (χ3v) is 4.47. The minimum Gasteiger partial charge on any atom is -0.294 e. The molecule has 2 heterocycles. The Bertz CT molecular complexity index is 769. The van der Waals surface area contributed by atoms with Gasteiger partial charge in [0.1, 0.15) is 5.15 Å². The van der Waals surface area contributed by atoms with Crippen molar-refractivity contribution in [2.45, 2.75) is 26.2 Å². The van der Waals surface area contributed by atoms with Crippen molar-refractivity contribution < 1.29 is 4.79 Å². The molecule has 0 atom stereocenters. The molecule has 0 spiro atoms. The van der Waals surface area contributed by atoms with Crippen LogP contribution in [0.1, 0.15) is 30.4 Å². The van der Waals surface area contributed by atoms with Gasteiger partial charge in [-0.3, -0.25) is 9.69 Å². The average Bonchev–Trinajstić information content (AvgIpc) is 2.56. The van der Waals surface area contributed by atoms with Crippen LogP contribution in [-0.4, -0.2) is 41.6 Å². The number of carbonyl (C=O) groups excluding carboxylic acids is 1. The number of nitrogens with one attached hydrogen (secondary N) is 1. The summed E-state index contributed by atoms with van der Waals surface area (Å²) in [6.07, 6.45) is 5.12. The molecular formula is C18H21ClN4O. The van der Waals surface area contributed by atoms with E-state index in [0.717, 1.165) is 42.4 Å². The number of piperidine rings is 1. The molecule has 0 unspecified atom stereocenters. The fourth-order valence-electron chi connectivity index (χ4n) is 2.89. The molecule has 126 valence electrons. The fraction of sp³-hybridized carbons (Fsp3) is 0.389. The van der Waals surface area contributed by atoms with Gasteiger partial charge in [0.25, 0.3) is 5.91 Å². The Labute approximate surface area is 146 Å².